The molecule has 96 valence electrons. The second kappa shape index (κ2) is 6.05. The molecule has 3 nitrogen and oxygen atoms in total. The van der Waals surface area contributed by atoms with Crippen molar-refractivity contribution in [1.29, 1.82) is 0 Å². The van der Waals surface area contributed by atoms with Crippen LogP contribution in [0.15, 0.2) is 34.9 Å². The Kier molecular flexibility index (Phi) is 4.42. The minimum atomic E-state index is -0.703. The first kappa shape index (κ1) is 13.1. The van der Waals surface area contributed by atoms with E-state index >= 15 is 0 Å². The largest absolute Gasteiger partial charge is 0.481 e. The van der Waals surface area contributed by atoms with Crippen LogP contribution in [0.3, 0.4) is 0 Å². The van der Waals surface area contributed by atoms with Gasteiger partial charge in [-0.3, -0.25) is 4.79 Å². The SMILES string of the molecule is O=C(O)CCCCCn1ccc2c(Br)cccc21. The van der Waals surface area contributed by atoms with Crippen molar-refractivity contribution in [3.8, 4) is 0 Å². The number of aromatic nitrogens is 1. The maximum atomic E-state index is 10.4. The molecule has 1 aromatic heterocycles. The molecular formula is C14H16BrNO2. The number of nitrogens with zero attached hydrogens (tertiary/aromatic N) is 1. The van der Waals surface area contributed by atoms with Gasteiger partial charge in [-0.2, -0.15) is 0 Å². The number of hydrogen-bond acceptors (Lipinski definition) is 1. The minimum absolute atomic E-state index is 0.276. The number of fused-ring (bicyclic) bond motifs is 1. The standard InChI is InChI=1S/C14H16BrNO2/c15-12-5-4-6-13-11(12)8-10-16(13)9-3-1-2-7-14(17)18/h4-6,8,10H,1-3,7,9H2,(H,17,18). The summed E-state index contributed by atoms with van der Waals surface area (Å²) in [6.45, 7) is 0.944. The van der Waals surface area contributed by atoms with Crippen molar-refractivity contribution in [2.45, 2.75) is 32.2 Å². The Morgan fingerprint density at radius 2 is 2.06 bits per heavy atom. The first-order valence-electron chi connectivity index (χ1n) is 6.13. The maximum Gasteiger partial charge on any atom is 0.303 e. The molecule has 0 aliphatic rings. The Morgan fingerprint density at radius 3 is 2.83 bits per heavy atom. The molecule has 0 bridgehead atoms. The van der Waals surface area contributed by atoms with Gasteiger partial charge in [0.05, 0.1) is 0 Å². The van der Waals surface area contributed by atoms with Crippen molar-refractivity contribution in [3.05, 3.63) is 34.9 Å². The zero-order valence-electron chi connectivity index (χ0n) is 10.1. The summed E-state index contributed by atoms with van der Waals surface area (Å²) in [6.07, 6.45) is 5.10. The van der Waals surface area contributed by atoms with E-state index in [1.807, 2.05) is 12.1 Å². The average molecular weight is 310 g/mol. The van der Waals surface area contributed by atoms with Gasteiger partial charge in [0.1, 0.15) is 0 Å². The van der Waals surface area contributed by atoms with Crippen molar-refractivity contribution < 1.29 is 9.90 Å². The highest BCUT2D eigenvalue weighted by atomic mass is 79.9. The quantitative estimate of drug-likeness (QED) is 0.818. The molecule has 4 heteroatoms. The van der Waals surface area contributed by atoms with E-state index in [4.69, 9.17) is 5.11 Å². The second-order valence-corrected chi connectivity index (χ2v) is 5.24. The van der Waals surface area contributed by atoms with Crippen molar-refractivity contribution in [2.75, 3.05) is 0 Å². The van der Waals surface area contributed by atoms with Crippen LogP contribution in [0, 0.1) is 0 Å². The van der Waals surface area contributed by atoms with Crippen molar-refractivity contribution in [2.24, 2.45) is 0 Å². The van der Waals surface area contributed by atoms with Gasteiger partial charge in [-0.15, -0.1) is 0 Å². The number of carbonyl (C=O) groups is 1. The Labute approximate surface area is 115 Å². The molecular weight excluding hydrogens is 294 g/mol. The lowest BCUT2D eigenvalue weighted by molar-refractivity contribution is -0.137. The third-order valence-corrected chi connectivity index (χ3v) is 3.74. The monoisotopic (exact) mass is 309 g/mol. The molecule has 1 N–H and O–H groups in total. The molecule has 0 saturated heterocycles. The van der Waals surface area contributed by atoms with Gasteiger partial charge >= 0.3 is 5.97 Å². The summed E-state index contributed by atoms with van der Waals surface area (Å²) >= 11 is 3.54. The summed E-state index contributed by atoms with van der Waals surface area (Å²) in [5.41, 5.74) is 1.22. The van der Waals surface area contributed by atoms with Crippen molar-refractivity contribution >= 4 is 32.8 Å². The number of hydrogen-bond donors (Lipinski definition) is 1. The molecule has 0 amide bonds. The predicted octanol–water partition coefficient (Wildman–Crippen LogP) is 4.05. The highest BCUT2D eigenvalue weighted by Crippen LogP contribution is 2.24. The smallest absolute Gasteiger partial charge is 0.303 e. The topological polar surface area (TPSA) is 42.2 Å². The van der Waals surface area contributed by atoms with Crippen LogP contribution in [0.2, 0.25) is 0 Å². The van der Waals surface area contributed by atoms with Crippen LogP contribution in [0.1, 0.15) is 25.7 Å². The molecule has 0 saturated carbocycles. The molecule has 0 radical (unpaired) electrons. The predicted molar refractivity (Wildman–Crippen MR) is 75.7 cm³/mol. The van der Waals surface area contributed by atoms with Crippen LogP contribution in [0.25, 0.3) is 10.9 Å². The summed E-state index contributed by atoms with van der Waals surface area (Å²) < 4.78 is 3.34. The van der Waals surface area contributed by atoms with E-state index in [0.717, 1.165) is 30.3 Å². The molecule has 0 aliphatic heterocycles. The van der Waals surface area contributed by atoms with E-state index in [9.17, 15) is 4.79 Å². The van der Waals surface area contributed by atoms with Gasteiger partial charge in [-0.25, -0.2) is 0 Å². The highest BCUT2D eigenvalue weighted by molar-refractivity contribution is 9.10. The number of rotatable bonds is 6. The number of aryl methyl sites for hydroxylation is 1. The number of carboxylic acid groups (broad SMARTS) is 1. The summed E-state index contributed by atoms with van der Waals surface area (Å²) in [5.74, 6) is -0.703. The van der Waals surface area contributed by atoms with E-state index < -0.39 is 5.97 Å². The molecule has 0 aliphatic carbocycles. The molecule has 1 heterocycles. The van der Waals surface area contributed by atoms with E-state index in [-0.39, 0.29) is 6.42 Å². The zero-order valence-corrected chi connectivity index (χ0v) is 11.7. The number of benzene rings is 1. The lowest BCUT2D eigenvalue weighted by Crippen LogP contribution is -1.98. The summed E-state index contributed by atoms with van der Waals surface area (Å²) in [7, 11) is 0. The molecule has 2 aromatic rings. The Morgan fingerprint density at radius 1 is 1.22 bits per heavy atom. The summed E-state index contributed by atoms with van der Waals surface area (Å²) in [4.78, 5) is 10.4. The van der Waals surface area contributed by atoms with E-state index in [0.29, 0.717) is 0 Å². The third kappa shape index (κ3) is 3.13. The normalized spacial score (nSPS) is 10.9. The van der Waals surface area contributed by atoms with Gasteiger partial charge in [0, 0.05) is 34.5 Å². The Bertz CT molecular complexity index is 548. The van der Waals surface area contributed by atoms with E-state index in [1.54, 1.807) is 0 Å². The van der Waals surface area contributed by atoms with Crippen LogP contribution >= 0.6 is 15.9 Å². The minimum Gasteiger partial charge on any atom is -0.481 e. The van der Waals surface area contributed by atoms with Crippen molar-refractivity contribution in [1.82, 2.24) is 4.57 Å². The fraction of sp³-hybridized carbons (Fsp3) is 0.357. The van der Waals surface area contributed by atoms with Crippen LogP contribution < -0.4 is 0 Å². The van der Waals surface area contributed by atoms with Gasteiger partial charge in [-0.05, 0) is 31.0 Å². The first-order chi connectivity index (χ1) is 8.68. The average Bonchev–Trinajstić information content (AvgIpc) is 2.73. The summed E-state index contributed by atoms with van der Waals surface area (Å²) in [5, 5.41) is 9.78. The lowest BCUT2D eigenvalue weighted by atomic mass is 10.2. The molecule has 0 fully saturated rings. The lowest BCUT2D eigenvalue weighted by Gasteiger charge is -2.05. The van der Waals surface area contributed by atoms with Crippen molar-refractivity contribution in [3.63, 3.8) is 0 Å². The maximum absolute atomic E-state index is 10.4. The summed E-state index contributed by atoms with van der Waals surface area (Å²) in [6, 6.07) is 8.29. The van der Waals surface area contributed by atoms with Crippen LogP contribution in [0.4, 0.5) is 0 Å². The molecule has 0 atom stereocenters. The van der Waals surface area contributed by atoms with Gasteiger partial charge < -0.3 is 9.67 Å². The van der Waals surface area contributed by atoms with Gasteiger partial charge in [0.25, 0.3) is 0 Å². The third-order valence-electron chi connectivity index (χ3n) is 3.05. The fourth-order valence-electron chi connectivity index (χ4n) is 2.12. The van der Waals surface area contributed by atoms with E-state index in [2.05, 4.69) is 38.8 Å². The van der Waals surface area contributed by atoms with Gasteiger partial charge in [0.15, 0.2) is 0 Å². The number of unbranched alkanes of at least 4 members (excludes halogenated alkanes) is 2. The number of aliphatic carboxylic acids is 1. The number of carboxylic acids is 1. The second-order valence-electron chi connectivity index (χ2n) is 4.39. The van der Waals surface area contributed by atoms with Gasteiger partial charge in [-0.1, -0.05) is 28.4 Å². The Balaban J connectivity index is 1.92. The fourth-order valence-corrected chi connectivity index (χ4v) is 2.60. The highest BCUT2D eigenvalue weighted by Gasteiger charge is 2.03. The van der Waals surface area contributed by atoms with Crippen LogP contribution in [-0.2, 0) is 11.3 Å². The van der Waals surface area contributed by atoms with Crippen LogP contribution in [-0.4, -0.2) is 15.6 Å². The molecule has 1 aromatic carbocycles. The van der Waals surface area contributed by atoms with Crippen LogP contribution in [0.5, 0.6) is 0 Å². The van der Waals surface area contributed by atoms with Gasteiger partial charge in [0.2, 0.25) is 0 Å². The first-order valence-corrected chi connectivity index (χ1v) is 6.93. The van der Waals surface area contributed by atoms with E-state index in [1.165, 1.54) is 10.9 Å². The molecule has 2 rings (SSSR count). The number of halogens is 1. The Hall–Kier alpha value is -1.29. The molecule has 0 spiro atoms. The molecule has 18 heavy (non-hydrogen) atoms. The zero-order chi connectivity index (χ0) is 13.0. The molecule has 0 unspecified atom stereocenters.